The molecular weight excluding hydrogens is 240 g/mol. The van der Waals surface area contributed by atoms with E-state index in [2.05, 4.69) is 24.1 Å². The summed E-state index contributed by atoms with van der Waals surface area (Å²) in [5.41, 5.74) is 0. The number of methoxy groups -OCH3 is 1. The second-order valence-electron chi connectivity index (χ2n) is 5.83. The molecule has 1 aliphatic heterocycles. The number of hydrogen-bond donors (Lipinski definition) is 1. The van der Waals surface area contributed by atoms with Gasteiger partial charge in [-0.2, -0.15) is 0 Å². The quantitative estimate of drug-likeness (QED) is 0.614. The first kappa shape index (κ1) is 16.9. The van der Waals surface area contributed by atoms with Crippen LogP contribution in [0.5, 0.6) is 0 Å². The van der Waals surface area contributed by atoms with Crippen molar-refractivity contribution in [2.75, 3.05) is 53.1 Å². The third kappa shape index (κ3) is 8.58. The van der Waals surface area contributed by atoms with E-state index in [1.165, 1.54) is 25.9 Å². The molecule has 1 heterocycles. The average molecular weight is 272 g/mol. The van der Waals surface area contributed by atoms with E-state index in [4.69, 9.17) is 9.47 Å². The number of nitrogens with zero attached hydrogens (tertiary/aromatic N) is 1. The van der Waals surface area contributed by atoms with Crippen molar-refractivity contribution < 1.29 is 9.47 Å². The molecule has 1 aliphatic rings. The van der Waals surface area contributed by atoms with Crippen LogP contribution in [0.3, 0.4) is 0 Å². The standard InChI is InChI=1S/C15H32N2O2/c1-14(2)16-12-15-6-4-7-17(13-15)8-11-19-10-5-9-18-3/h14-16H,4-13H2,1-3H3. The van der Waals surface area contributed by atoms with Gasteiger partial charge in [-0.15, -0.1) is 0 Å². The van der Waals surface area contributed by atoms with Crippen molar-refractivity contribution in [1.29, 1.82) is 0 Å². The molecule has 19 heavy (non-hydrogen) atoms. The zero-order valence-electron chi connectivity index (χ0n) is 13.0. The highest BCUT2D eigenvalue weighted by molar-refractivity contribution is 4.75. The monoisotopic (exact) mass is 272 g/mol. The van der Waals surface area contributed by atoms with Gasteiger partial charge in [-0.05, 0) is 38.3 Å². The van der Waals surface area contributed by atoms with E-state index in [1.54, 1.807) is 7.11 Å². The Bertz CT molecular complexity index is 212. The van der Waals surface area contributed by atoms with Crippen molar-refractivity contribution in [1.82, 2.24) is 10.2 Å². The predicted molar refractivity (Wildman–Crippen MR) is 79.6 cm³/mol. The van der Waals surface area contributed by atoms with Gasteiger partial charge in [0.25, 0.3) is 0 Å². The Kier molecular flexibility index (Phi) is 9.43. The molecule has 4 heteroatoms. The van der Waals surface area contributed by atoms with Crippen molar-refractivity contribution in [3.8, 4) is 0 Å². The van der Waals surface area contributed by atoms with Crippen LogP contribution in [0.1, 0.15) is 33.1 Å². The molecule has 1 saturated heterocycles. The van der Waals surface area contributed by atoms with E-state index in [0.717, 1.165) is 45.2 Å². The largest absolute Gasteiger partial charge is 0.385 e. The molecule has 0 saturated carbocycles. The summed E-state index contributed by atoms with van der Waals surface area (Å²) in [5, 5.41) is 3.55. The van der Waals surface area contributed by atoms with Crippen molar-refractivity contribution >= 4 is 0 Å². The number of ether oxygens (including phenoxy) is 2. The lowest BCUT2D eigenvalue weighted by molar-refractivity contribution is 0.0710. The highest BCUT2D eigenvalue weighted by atomic mass is 16.5. The number of likely N-dealkylation sites (tertiary alicyclic amines) is 1. The number of piperidine rings is 1. The molecule has 1 rings (SSSR count). The summed E-state index contributed by atoms with van der Waals surface area (Å²) in [6.07, 6.45) is 3.69. The molecule has 4 nitrogen and oxygen atoms in total. The second-order valence-corrected chi connectivity index (χ2v) is 5.83. The Morgan fingerprint density at radius 1 is 1.26 bits per heavy atom. The Balaban J connectivity index is 2.03. The minimum Gasteiger partial charge on any atom is -0.385 e. The maximum absolute atomic E-state index is 5.63. The third-order valence-corrected chi connectivity index (χ3v) is 3.61. The molecule has 0 aliphatic carbocycles. The lowest BCUT2D eigenvalue weighted by Gasteiger charge is -2.33. The average Bonchev–Trinajstić information content (AvgIpc) is 2.41. The minimum atomic E-state index is 0.597. The van der Waals surface area contributed by atoms with Crippen molar-refractivity contribution in [2.24, 2.45) is 5.92 Å². The molecule has 0 spiro atoms. The molecule has 0 aromatic carbocycles. The van der Waals surface area contributed by atoms with Crippen molar-refractivity contribution in [3.63, 3.8) is 0 Å². The van der Waals surface area contributed by atoms with E-state index in [0.29, 0.717) is 6.04 Å². The molecule has 1 unspecified atom stereocenters. The van der Waals surface area contributed by atoms with E-state index in [1.807, 2.05) is 0 Å². The molecule has 1 fully saturated rings. The van der Waals surface area contributed by atoms with E-state index < -0.39 is 0 Å². The summed E-state index contributed by atoms with van der Waals surface area (Å²) in [4.78, 5) is 2.55. The Labute approximate surface area is 118 Å². The van der Waals surface area contributed by atoms with Crippen LogP contribution in [0.15, 0.2) is 0 Å². The lowest BCUT2D eigenvalue weighted by atomic mass is 9.98. The maximum Gasteiger partial charge on any atom is 0.0593 e. The van der Waals surface area contributed by atoms with E-state index in [9.17, 15) is 0 Å². The van der Waals surface area contributed by atoms with Crippen LogP contribution in [0, 0.1) is 5.92 Å². The smallest absolute Gasteiger partial charge is 0.0593 e. The molecular formula is C15H32N2O2. The van der Waals surface area contributed by atoms with Gasteiger partial charge in [-0.25, -0.2) is 0 Å². The number of hydrogen-bond acceptors (Lipinski definition) is 4. The highest BCUT2D eigenvalue weighted by Gasteiger charge is 2.19. The third-order valence-electron chi connectivity index (χ3n) is 3.61. The Morgan fingerprint density at radius 2 is 2.11 bits per heavy atom. The first-order chi connectivity index (χ1) is 9.22. The fraction of sp³-hybridized carbons (Fsp3) is 1.00. The predicted octanol–water partition coefficient (Wildman–Crippen LogP) is 1.75. The van der Waals surface area contributed by atoms with Crippen LogP contribution in [0.2, 0.25) is 0 Å². The van der Waals surface area contributed by atoms with E-state index in [-0.39, 0.29) is 0 Å². The topological polar surface area (TPSA) is 33.7 Å². The van der Waals surface area contributed by atoms with Gasteiger partial charge in [0.05, 0.1) is 6.61 Å². The number of rotatable bonds is 10. The molecule has 1 N–H and O–H groups in total. The fourth-order valence-corrected chi connectivity index (χ4v) is 2.52. The van der Waals surface area contributed by atoms with Gasteiger partial charge in [-0.1, -0.05) is 13.8 Å². The highest BCUT2D eigenvalue weighted by Crippen LogP contribution is 2.15. The molecule has 0 aromatic rings. The summed E-state index contributed by atoms with van der Waals surface area (Å²) >= 11 is 0. The zero-order valence-corrected chi connectivity index (χ0v) is 13.0. The van der Waals surface area contributed by atoms with Gasteiger partial charge in [0.15, 0.2) is 0 Å². The molecule has 0 aromatic heterocycles. The van der Waals surface area contributed by atoms with Crippen LogP contribution in [0.4, 0.5) is 0 Å². The van der Waals surface area contributed by atoms with Gasteiger partial charge in [0.2, 0.25) is 0 Å². The molecule has 0 amide bonds. The van der Waals surface area contributed by atoms with E-state index >= 15 is 0 Å². The van der Waals surface area contributed by atoms with Crippen molar-refractivity contribution in [3.05, 3.63) is 0 Å². The second kappa shape index (κ2) is 10.6. The van der Waals surface area contributed by atoms with Crippen molar-refractivity contribution in [2.45, 2.75) is 39.2 Å². The first-order valence-electron chi connectivity index (χ1n) is 7.74. The molecule has 0 bridgehead atoms. The van der Waals surface area contributed by atoms with Crippen LogP contribution in [-0.4, -0.2) is 64.1 Å². The zero-order chi connectivity index (χ0) is 13.9. The Morgan fingerprint density at radius 3 is 2.84 bits per heavy atom. The minimum absolute atomic E-state index is 0.597. The molecule has 114 valence electrons. The van der Waals surface area contributed by atoms with Crippen LogP contribution >= 0.6 is 0 Å². The van der Waals surface area contributed by atoms with Gasteiger partial charge < -0.3 is 19.7 Å². The summed E-state index contributed by atoms with van der Waals surface area (Å²) in [6.45, 7) is 11.6. The van der Waals surface area contributed by atoms with Crippen LogP contribution in [0.25, 0.3) is 0 Å². The van der Waals surface area contributed by atoms with Crippen LogP contribution < -0.4 is 5.32 Å². The lowest BCUT2D eigenvalue weighted by Crippen LogP contribution is -2.42. The van der Waals surface area contributed by atoms with Crippen LogP contribution in [-0.2, 0) is 9.47 Å². The Hall–Kier alpha value is -0.160. The van der Waals surface area contributed by atoms with Gasteiger partial charge in [0, 0.05) is 39.5 Å². The van der Waals surface area contributed by atoms with Gasteiger partial charge in [-0.3, -0.25) is 0 Å². The normalized spacial score (nSPS) is 21.2. The SMILES string of the molecule is COCCCOCCN1CCCC(CNC(C)C)C1. The summed E-state index contributed by atoms with van der Waals surface area (Å²) in [6, 6.07) is 0.597. The maximum atomic E-state index is 5.63. The summed E-state index contributed by atoms with van der Waals surface area (Å²) in [7, 11) is 1.74. The van der Waals surface area contributed by atoms with Gasteiger partial charge in [0.1, 0.15) is 0 Å². The fourth-order valence-electron chi connectivity index (χ4n) is 2.52. The number of nitrogens with one attached hydrogen (secondary N) is 1. The molecule has 0 radical (unpaired) electrons. The summed E-state index contributed by atoms with van der Waals surface area (Å²) < 4.78 is 10.6. The molecule has 1 atom stereocenters. The summed E-state index contributed by atoms with van der Waals surface area (Å²) in [5.74, 6) is 0.810. The first-order valence-corrected chi connectivity index (χ1v) is 7.74. The van der Waals surface area contributed by atoms with Gasteiger partial charge >= 0.3 is 0 Å².